The second-order valence-electron chi connectivity index (χ2n) is 5.99. The number of aryl methyl sites for hydroxylation is 1. The van der Waals surface area contributed by atoms with Gasteiger partial charge in [-0.25, -0.2) is 4.79 Å². The molecule has 0 fully saturated rings. The molecule has 148 valence electrons. The fourth-order valence-electron chi connectivity index (χ4n) is 2.52. The normalized spacial score (nSPS) is 11.4. The molecule has 2 aromatic rings. The summed E-state index contributed by atoms with van der Waals surface area (Å²) in [6, 6.07) is 9.07. The number of Topliss-reactive ketones (excluding diaryl/α,β-unsaturated/α-hetero) is 1. The standard InChI is InChI=1S/C20H21NO7/c1-5-27-18-10-15(16(21(24)25)11-17(18)26-4)20(23)28-13(3)19(22)14-8-6-12(2)7-9-14/h6-11,13H,5H2,1-4H3/t13-/m0/s1. The Morgan fingerprint density at radius 3 is 2.32 bits per heavy atom. The van der Waals surface area contributed by atoms with E-state index >= 15 is 0 Å². The highest BCUT2D eigenvalue weighted by Gasteiger charge is 2.28. The van der Waals surface area contributed by atoms with Gasteiger partial charge in [-0.3, -0.25) is 14.9 Å². The largest absolute Gasteiger partial charge is 0.493 e. The highest BCUT2D eigenvalue weighted by molar-refractivity contribution is 6.02. The van der Waals surface area contributed by atoms with Gasteiger partial charge in [0.15, 0.2) is 17.6 Å². The van der Waals surface area contributed by atoms with Crippen LogP contribution in [0.3, 0.4) is 0 Å². The van der Waals surface area contributed by atoms with Crippen LogP contribution in [0.15, 0.2) is 36.4 Å². The fraction of sp³-hybridized carbons (Fsp3) is 0.300. The second kappa shape index (κ2) is 8.98. The number of methoxy groups -OCH3 is 1. The minimum Gasteiger partial charge on any atom is -0.493 e. The van der Waals surface area contributed by atoms with E-state index in [1.807, 2.05) is 6.92 Å². The first-order valence-corrected chi connectivity index (χ1v) is 8.59. The van der Waals surface area contributed by atoms with E-state index in [1.54, 1.807) is 31.2 Å². The van der Waals surface area contributed by atoms with Gasteiger partial charge in [-0.05, 0) is 20.8 Å². The molecule has 28 heavy (non-hydrogen) atoms. The lowest BCUT2D eigenvalue weighted by Crippen LogP contribution is -2.25. The molecule has 0 aliphatic rings. The average molecular weight is 387 g/mol. The molecular formula is C20H21NO7. The lowest BCUT2D eigenvalue weighted by Gasteiger charge is -2.14. The number of nitro benzene ring substituents is 1. The summed E-state index contributed by atoms with van der Waals surface area (Å²) < 4.78 is 15.6. The quantitative estimate of drug-likeness (QED) is 0.294. The van der Waals surface area contributed by atoms with Crippen molar-refractivity contribution in [2.75, 3.05) is 13.7 Å². The molecular weight excluding hydrogens is 366 g/mol. The Morgan fingerprint density at radius 2 is 1.79 bits per heavy atom. The van der Waals surface area contributed by atoms with Crippen molar-refractivity contribution in [3.05, 3.63) is 63.2 Å². The van der Waals surface area contributed by atoms with Crippen molar-refractivity contribution < 1.29 is 28.7 Å². The van der Waals surface area contributed by atoms with Crippen LogP contribution in [0.4, 0.5) is 5.69 Å². The van der Waals surface area contributed by atoms with Gasteiger partial charge >= 0.3 is 5.97 Å². The number of nitrogens with zero attached hydrogens (tertiary/aromatic N) is 1. The molecule has 2 rings (SSSR count). The van der Waals surface area contributed by atoms with Crippen LogP contribution in [0, 0.1) is 17.0 Å². The predicted molar refractivity (Wildman–Crippen MR) is 101 cm³/mol. The fourth-order valence-corrected chi connectivity index (χ4v) is 2.52. The minimum absolute atomic E-state index is 0.119. The number of ketones is 1. The van der Waals surface area contributed by atoms with Crippen molar-refractivity contribution in [2.24, 2.45) is 0 Å². The molecule has 0 amide bonds. The maximum absolute atomic E-state index is 12.6. The molecule has 0 aromatic heterocycles. The van der Waals surface area contributed by atoms with Crippen molar-refractivity contribution >= 4 is 17.4 Å². The molecule has 0 bridgehead atoms. The smallest absolute Gasteiger partial charge is 0.346 e. The van der Waals surface area contributed by atoms with Gasteiger partial charge in [-0.2, -0.15) is 0 Å². The van der Waals surface area contributed by atoms with Crippen molar-refractivity contribution in [3.8, 4) is 11.5 Å². The van der Waals surface area contributed by atoms with Crippen LogP contribution in [0.2, 0.25) is 0 Å². The monoisotopic (exact) mass is 387 g/mol. The third kappa shape index (κ3) is 4.64. The number of nitro groups is 1. The number of rotatable bonds is 8. The van der Waals surface area contributed by atoms with Crippen LogP contribution in [-0.4, -0.2) is 36.5 Å². The molecule has 1 atom stereocenters. The molecule has 0 aliphatic heterocycles. The summed E-state index contributed by atoms with van der Waals surface area (Å²) in [6.07, 6.45) is -1.12. The Kier molecular flexibility index (Phi) is 6.70. The average Bonchev–Trinajstić information content (AvgIpc) is 2.67. The second-order valence-corrected chi connectivity index (χ2v) is 5.99. The zero-order valence-electron chi connectivity index (χ0n) is 16.1. The molecule has 0 N–H and O–H groups in total. The summed E-state index contributed by atoms with van der Waals surface area (Å²) in [4.78, 5) is 35.7. The molecule has 0 unspecified atom stereocenters. The van der Waals surface area contributed by atoms with Crippen molar-refractivity contribution in [2.45, 2.75) is 26.9 Å². The van der Waals surface area contributed by atoms with E-state index in [0.29, 0.717) is 5.56 Å². The summed E-state index contributed by atoms with van der Waals surface area (Å²) in [7, 11) is 1.34. The van der Waals surface area contributed by atoms with E-state index in [9.17, 15) is 19.7 Å². The van der Waals surface area contributed by atoms with Crippen LogP contribution >= 0.6 is 0 Å². The maximum atomic E-state index is 12.6. The van der Waals surface area contributed by atoms with E-state index in [2.05, 4.69) is 0 Å². The Labute approximate surface area is 162 Å². The number of ether oxygens (including phenoxy) is 3. The van der Waals surface area contributed by atoms with E-state index in [1.165, 1.54) is 20.1 Å². The van der Waals surface area contributed by atoms with Gasteiger partial charge in [0.2, 0.25) is 5.78 Å². The molecule has 0 spiro atoms. The van der Waals surface area contributed by atoms with Crippen LogP contribution in [0.5, 0.6) is 11.5 Å². The molecule has 0 saturated heterocycles. The van der Waals surface area contributed by atoms with Gasteiger partial charge in [0.1, 0.15) is 5.56 Å². The molecule has 0 radical (unpaired) electrons. The van der Waals surface area contributed by atoms with Crippen molar-refractivity contribution in [3.63, 3.8) is 0 Å². The highest BCUT2D eigenvalue weighted by Crippen LogP contribution is 2.35. The van der Waals surface area contributed by atoms with Crippen LogP contribution < -0.4 is 9.47 Å². The first kappa shape index (κ1) is 20.9. The van der Waals surface area contributed by atoms with E-state index in [4.69, 9.17) is 14.2 Å². The number of hydrogen-bond donors (Lipinski definition) is 0. The van der Waals surface area contributed by atoms with E-state index < -0.39 is 28.5 Å². The zero-order chi connectivity index (χ0) is 20.8. The highest BCUT2D eigenvalue weighted by atomic mass is 16.6. The summed E-state index contributed by atoms with van der Waals surface area (Å²) in [5.41, 5.74) is 0.543. The molecule has 8 nitrogen and oxygen atoms in total. The number of benzene rings is 2. The van der Waals surface area contributed by atoms with Crippen molar-refractivity contribution in [1.82, 2.24) is 0 Å². The van der Waals surface area contributed by atoms with Gasteiger partial charge in [0, 0.05) is 11.6 Å². The molecule has 0 saturated carbocycles. The van der Waals surface area contributed by atoms with Crippen LogP contribution in [-0.2, 0) is 4.74 Å². The van der Waals surface area contributed by atoms with E-state index in [0.717, 1.165) is 11.6 Å². The van der Waals surface area contributed by atoms with Gasteiger partial charge in [-0.1, -0.05) is 29.8 Å². The Hall–Kier alpha value is -3.42. The molecule has 2 aromatic carbocycles. The topological polar surface area (TPSA) is 105 Å². The van der Waals surface area contributed by atoms with Gasteiger partial charge < -0.3 is 14.2 Å². The first-order valence-electron chi connectivity index (χ1n) is 8.59. The minimum atomic E-state index is -1.12. The predicted octanol–water partition coefficient (Wildman–Crippen LogP) is 3.74. The number of carbonyl (C=O) groups is 2. The Balaban J connectivity index is 2.31. The van der Waals surface area contributed by atoms with E-state index in [-0.39, 0.29) is 23.7 Å². The maximum Gasteiger partial charge on any atom is 0.346 e. The SMILES string of the molecule is CCOc1cc(C(=O)O[C@@H](C)C(=O)c2ccc(C)cc2)c([N+](=O)[O-])cc1OC. The van der Waals surface area contributed by atoms with Crippen LogP contribution in [0.1, 0.15) is 40.1 Å². The molecule has 0 heterocycles. The zero-order valence-corrected chi connectivity index (χ0v) is 16.1. The molecule has 8 heteroatoms. The number of carbonyl (C=O) groups excluding carboxylic acids is 2. The summed E-state index contributed by atoms with van der Waals surface area (Å²) in [5.74, 6) is -1.12. The Bertz CT molecular complexity index is 890. The summed E-state index contributed by atoms with van der Waals surface area (Å²) in [5, 5.41) is 11.4. The first-order chi connectivity index (χ1) is 13.3. The van der Waals surface area contributed by atoms with Gasteiger partial charge in [-0.15, -0.1) is 0 Å². The summed E-state index contributed by atoms with van der Waals surface area (Å²) in [6.45, 7) is 5.29. The van der Waals surface area contributed by atoms with Crippen LogP contribution in [0.25, 0.3) is 0 Å². The third-order valence-corrected chi connectivity index (χ3v) is 3.99. The Morgan fingerprint density at radius 1 is 1.14 bits per heavy atom. The van der Waals surface area contributed by atoms with Crippen molar-refractivity contribution in [1.29, 1.82) is 0 Å². The van der Waals surface area contributed by atoms with Gasteiger partial charge in [0.05, 0.1) is 24.7 Å². The summed E-state index contributed by atoms with van der Waals surface area (Å²) >= 11 is 0. The lowest BCUT2D eigenvalue weighted by molar-refractivity contribution is -0.385. The number of hydrogen-bond acceptors (Lipinski definition) is 7. The molecule has 0 aliphatic carbocycles. The third-order valence-electron chi connectivity index (χ3n) is 3.99. The lowest BCUT2D eigenvalue weighted by atomic mass is 10.1. The number of esters is 1. The van der Waals surface area contributed by atoms with Gasteiger partial charge in [0.25, 0.3) is 5.69 Å².